The maximum atomic E-state index is 12.8. The number of aliphatic carboxylic acids is 1. The number of benzene rings is 2. The summed E-state index contributed by atoms with van der Waals surface area (Å²) in [5, 5.41) is 14.0. The molecule has 0 unspecified atom stereocenters. The predicted molar refractivity (Wildman–Crippen MR) is 149 cm³/mol. The lowest BCUT2D eigenvalue weighted by atomic mass is 10.0. The molecule has 2 N–H and O–H groups in total. The molecular weight excluding hydrogens is 554 g/mol. The van der Waals surface area contributed by atoms with Gasteiger partial charge in [0.05, 0.1) is 6.42 Å². The van der Waals surface area contributed by atoms with Crippen LogP contribution in [0.5, 0.6) is 5.75 Å². The fourth-order valence-corrected chi connectivity index (χ4v) is 6.60. The van der Waals surface area contributed by atoms with E-state index in [4.69, 9.17) is 9.15 Å². The van der Waals surface area contributed by atoms with Crippen molar-refractivity contribution < 1.29 is 28.6 Å². The zero-order valence-electron chi connectivity index (χ0n) is 20.7. The molecule has 12 heteroatoms. The molecule has 2 amide bonds. The van der Waals surface area contributed by atoms with Gasteiger partial charge in [0.25, 0.3) is 5.91 Å². The van der Waals surface area contributed by atoms with E-state index in [1.54, 1.807) is 36.4 Å². The molecule has 202 valence electrons. The van der Waals surface area contributed by atoms with Crippen LogP contribution in [-0.2, 0) is 20.8 Å². The van der Waals surface area contributed by atoms with Crippen molar-refractivity contribution >= 4 is 52.0 Å². The number of amides is 2. The minimum atomic E-state index is -1.21. The van der Waals surface area contributed by atoms with Crippen LogP contribution in [0.1, 0.15) is 4.88 Å². The molecule has 0 saturated carbocycles. The summed E-state index contributed by atoms with van der Waals surface area (Å²) in [6.45, 7) is 0.136. The number of thiophene rings is 1. The number of ether oxygens (including phenoxy) is 1. The Kier molecular flexibility index (Phi) is 6.86. The molecule has 0 spiro atoms. The van der Waals surface area contributed by atoms with Crippen LogP contribution in [0, 0.1) is 0 Å². The molecule has 1 aliphatic carbocycles. The fourth-order valence-electron chi connectivity index (χ4n) is 4.58. The van der Waals surface area contributed by atoms with Crippen molar-refractivity contribution in [1.82, 2.24) is 15.2 Å². The summed E-state index contributed by atoms with van der Waals surface area (Å²) >= 11 is 2.86. The summed E-state index contributed by atoms with van der Waals surface area (Å²) in [4.78, 5) is 55.6. The summed E-state index contributed by atoms with van der Waals surface area (Å²) < 4.78 is 11.6. The molecule has 4 aliphatic rings. The first-order valence-corrected chi connectivity index (χ1v) is 14.2. The van der Waals surface area contributed by atoms with Gasteiger partial charge >= 0.3 is 5.97 Å². The summed E-state index contributed by atoms with van der Waals surface area (Å²) in [6.07, 6.45) is 3.49. The van der Waals surface area contributed by atoms with Crippen molar-refractivity contribution in [3.05, 3.63) is 92.4 Å². The van der Waals surface area contributed by atoms with Gasteiger partial charge in [0.15, 0.2) is 16.8 Å². The number of carbonyl (C=O) groups is 3. The van der Waals surface area contributed by atoms with Crippen molar-refractivity contribution in [3.8, 4) is 17.2 Å². The molecule has 0 radical (unpaired) electrons. The Bertz CT molecular complexity index is 1730. The SMILES string of the molecule is O=C(Cc1cccs1)N[C@@H]1C(=O)N2C(C(=O)O)=C(C=CCOc3ccc4nc5ccc(=O)cc-5oc4c3)CS[C@H]12. The molecule has 1 fully saturated rings. The number of β-lactam (4-membered cyclic amide) rings is 1. The average molecular weight is 576 g/mol. The maximum absolute atomic E-state index is 12.8. The normalized spacial score (nSPS) is 18.7. The number of carboxylic acid groups (broad SMARTS) is 1. The third-order valence-corrected chi connectivity index (χ3v) is 8.60. The van der Waals surface area contributed by atoms with E-state index in [9.17, 15) is 24.3 Å². The van der Waals surface area contributed by atoms with Crippen molar-refractivity contribution in [1.29, 1.82) is 0 Å². The molecule has 40 heavy (non-hydrogen) atoms. The second-order valence-corrected chi connectivity index (χ2v) is 11.2. The topological polar surface area (TPSA) is 139 Å². The molecule has 2 aromatic rings. The third-order valence-electron chi connectivity index (χ3n) is 6.42. The Morgan fingerprint density at radius 3 is 2.88 bits per heavy atom. The number of carboxylic acids is 1. The van der Waals surface area contributed by atoms with Crippen LogP contribution in [0.25, 0.3) is 22.6 Å². The van der Waals surface area contributed by atoms with Crippen LogP contribution >= 0.6 is 23.1 Å². The number of hydrogen-bond donors (Lipinski definition) is 2. The van der Waals surface area contributed by atoms with Crippen LogP contribution in [0.3, 0.4) is 0 Å². The number of thioether (sulfide) groups is 1. The van der Waals surface area contributed by atoms with Gasteiger partial charge in [0.2, 0.25) is 5.91 Å². The van der Waals surface area contributed by atoms with Crippen molar-refractivity contribution in [2.75, 3.05) is 12.4 Å². The van der Waals surface area contributed by atoms with E-state index in [1.165, 1.54) is 40.1 Å². The molecule has 1 aromatic heterocycles. The number of hydrogen-bond acceptors (Lipinski definition) is 9. The van der Waals surface area contributed by atoms with E-state index in [0.29, 0.717) is 39.6 Å². The van der Waals surface area contributed by atoms with E-state index in [0.717, 1.165) is 4.88 Å². The molecule has 1 saturated heterocycles. The molecule has 1 aromatic carbocycles. The minimum absolute atomic E-state index is 0.0889. The van der Waals surface area contributed by atoms with Gasteiger partial charge in [-0.1, -0.05) is 12.1 Å². The van der Waals surface area contributed by atoms with Crippen molar-refractivity contribution in [3.63, 3.8) is 0 Å². The van der Waals surface area contributed by atoms with Crippen LogP contribution in [0.15, 0.2) is 86.5 Å². The summed E-state index contributed by atoms with van der Waals surface area (Å²) in [7, 11) is 0. The van der Waals surface area contributed by atoms with Crippen molar-refractivity contribution in [2.24, 2.45) is 0 Å². The van der Waals surface area contributed by atoms with Gasteiger partial charge in [-0.15, -0.1) is 23.1 Å². The quantitative estimate of drug-likeness (QED) is 0.239. The first kappa shape index (κ1) is 25.8. The highest BCUT2D eigenvalue weighted by atomic mass is 32.2. The van der Waals surface area contributed by atoms with Gasteiger partial charge in [0, 0.05) is 22.8 Å². The lowest BCUT2D eigenvalue weighted by Gasteiger charge is -2.49. The van der Waals surface area contributed by atoms with E-state index in [2.05, 4.69) is 10.3 Å². The molecule has 0 bridgehead atoms. The first-order chi connectivity index (χ1) is 19.4. The molecule has 2 atom stereocenters. The Morgan fingerprint density at radius 2 is 2.08 bits per heavy atom. The van der Waals surface area contributed by atoms with Crippen molar-refractivity contribution in [2.45, 2.75) is 17.8 Å². The molecule has 10 nitrogen and oxygen atoms in total. The Hall–Kier alpha value is -4.42. The van der Waals surface area contributed by atoms with E-state index in [1.807, 2.05) is 17.5 Å². The second-order valence-electron chi connectivity index (χ2n) is 9.08. The van der Waals surface area contributed by atoms with Gasteiger partial charge in [0.1, 0.15) is 40.7 Å². The number of aromatic nitrogens is 1. The fraction of sp³-hybridized carbons (Fsp3) is 0.179. The zero-order chi connectivity index (χ0) is 27.8. The van der Waals surface area contributed by atoms with Crippen LogP contribution < -0.4 is 15.5 Å². The predicted octanol–water partition coefficient (Wildman–Crippen LogP) is 3.27. The average Bonchev–Trinajstić information content (AvgIpc) is 3.45. The maximum Gasteiger partial charge on any atom is 0.352 e. The van der Waals surface area contributed by atoms with Crippen LogP contribution in [0.2, 0.25) is 0 Å². The molecule has 4 heterocycles. The van der Waals surface area contributed by atoms with Gasteiger partial charge in [-0.3, -0.25) is 19.3 Å². The lowest BCUT2D eigenvalue weighted by Crippen LogP contribution is -2.70. The molecule has 6 rings (SSSR count). The van der Waals surface area contributed by atoms with Gasteiger partial charge in [-0.2, -0.15) is 0 Å². The van der Waals surface area contributed by atoms with E-state index in [-0.39, 0.29) is 30.1 Å². The highest BCUT2D eigenvalue weighted by Gasteiger charge is 2.53. The number of rotatable bonds is 8. The smallest absolute Gasteiger partial charge is 0.352 e. The first-order valence-electron chi connectivity index (χ1n) is 12.2. The number of carbonyl (C=O) groups excluding carboxylic acids is 2. The number of nitrogens with zero attached hydrogens (tertiary/aromatic N) is 2. The lowest BCUT2D eigenvalue weighted by molar-refractivity contribution is -0.150. The second kappa shape index (κ2) is 10.6. The Balaban J connectivity index is 1.12. The highest BCUT2D eigenvalue weighted by molar-refractivity contribution is 8.00. The highest BCUT2D eigenvalue weighted by Crippen LogP contribution is 2.40. The summed E-state index contributed by atoms with van der Waals surface area (Å²) in [6, 6.07) is 12.5. The Morgan fingerprint density at radius 1 is 1.20 bits per heavy atom. The zero-order valence-corrected chi connectivity index (χ0v) is 22.4. The standard InChI is InChI=1S/C28H21N3O7S2/c32-16-5-7-19-21(11-16)38-22-12-17(6-8-20(22)29-19)37-9-1-3-15-14-40-27-24(26(34)31(27)25(15)28(35)36)30-23(33)13-18-4-2-10-39-18/h1-8,10-12,24,27H,9,13-14H2,(H,30,33)(H,35,36)/t24-,27-/m1/s1. The van der Waals surface area contributed by atoms with Crippen LogP contribution in [-0.4, -0.2) is 56.5 Å². The number of allylic oxidation sites excluding steroid dienone is 1. The van der Waals surface area contributed by atoms with E-state index < -0.39 is 23.3 Å². The number of nitrogens with one attached hydrogen (secondary N) is 1. The molecule has 3 aliphatic heterocycles. The summed E-state index contributed by atoms with van der Waals surface area (Å²) in [5.41, 5.74) is 1.86. The molecular formula is C28H21N3O7S2. The van der Waals surface area contributed by atoms with Crippen LogP contribution in [0.4, 0.5) is 0 Å². The van der Waals surface area contributed by atoms with E-state index >= 15 is 0 Å². The minimum Gasteiger partial charge on any atom is -0.489 e. The Labute approximate surface area is 235 Å². The van der Waals surface area contributed by atoms with Gasteiger partial charge in [-0.25, -0.2) is 9.78 Å². The van der Waals surface area contributed by atoms with Gasteiger partial charge < -0.3 is 19.6 Å². The number of fused-ring (bicyclic) bond motifs is 3. The summed E-state index contributed by atoms with van der Waals surface area (Å²) in [5.74, 6) is -0.682. The largest absolute Gasteiger partial charge is 0.489 e. The monoisotopic (exact) mass is 575 g/mol. The third kappa shape index (κ3) is 4.98. The van der Waals surface area contributed by atoms with Gasteiger partial charge in [-0.05, 0) is 47.4 Å².